The van der Waals surface area contributed by atoms with E-state index >= 15 is 0 Å². The molecule has 3 heteroatoms. The van der Waals surface area contributed by atoms with Crippen molar-refractivity contribution >= 4 is 11.0 Å². The fourth-order valence-corrected chi connectivity index (χ4v) is 3.36. The molecule has 1 saturated heterocycles. The van der Waals surface area contributed by atoms with Gasteiger partial charge in [0.2, 0.25) is 0 Å². The van der Waals surface area contributed by atoms with Crippen molar-refractivity contribution in [3.63, 3.8) is 0 Å². The van der Waals surface area contributed by atoms with Crippen molar-refractivity contribution in [3.05, 3.63) is 54.4 Å². The Bertz CT molecular complexity index is 797. The lowest BCUT2D eigenvalue weighted by Crippen LogP contribution is -2.18. The zero-order chi connectivity index (χ0) is 14.9. The fourth-order valence-electron chi connectivity index (χ4n) is 3.36. The molecular weight excluding hydrogens is 270 g/mol. The predicted molar refractivity (Wildman–Crippen MR) is 90.7 cm³/mol. The van der Waals surface area contributed by atoms with Crippen LogP contribution in [0.15, 0.2) is 48.8 Å². The van der Waals surface area contributed by atoms with Crippen molar-refractivity contribution in [1.82, 2.24) is 14.5 Å². The number of imidazole rings is 1. The van der Waals surface area contributed by atoms with Gasteiger partial charge in [0.15, 0.2) is 0 Å². The molecule has 1 aromatic heterocycles. The minimum Gasteiger partial charge on any atom is -0.334 e. The van der Waals surface area contributed by atoms with Crippen LogP contribution >= 0.6 is 0 Å². The first-order valence-corrected chi connectivity index (χ1v) is 8.02. The topological polar surface area (TPSA) is 21.1 Å². The Balaban J connectivity index is 1.65. The van der Waals surface area contributed by atoms with Crippen molar-refractivity contribution in [2.75, 3.05) is 13.1 Å². The summed E-state index contributed by atoms with van der Waals surface area (Å²) in [5, 5.41) is 0. The number of rotatable bonds is 3. The zero-order valence-electron chi connectivity index (χ0n) is 13.0. The average Bonchev–Trinajstić information content (AvgIpc) is 3.18. The molecule has 112 valence electrons. The molecule has 3 nitrogen and oxygen atoms in total. The second-order valence-corrected chi connectivity index (χ2v) is 6.24. The van der Waals surface area contributed by atoms with Gasteiger partial charge in [-0.05, 0) is 60.8 Å². The molecule has 0 aliphatic carbocycles. The number of hydrogen-bond acceptors (Lipinski definition) is 2. The third kappa shape index (κ3) is 2.53. The maximum atomic E-state index is 4.46. The second-order valence-electron chi connectivity index (χ2n) is 6.24. The highest BCUT2D eigenvalue weighted by Gasteiger charge is 2.12. The summed E-state index contributed by atoms with van der Waals surface area (Å²) in [7, 11) is 2.03. The number of benzene rings is 2. The first-order valence-electron chi connectivity index (χ1n) is 8.02. The number of fused-ring (bicyclic) bond motifs is 1. The minimum atomic E-state index is 1.06. The lowest BCUT2D eigenvalue weighted by Gasteiger charge is -2.15. The van der Waals surface area contributed by atoms with Crippen LogP contribution in [0.25, 0.3) is 22.2 Å². The van der Waals surface area contributed by atoms with E-state index in [0.717, 1.165) is 12.1 Å². The summed E-state index contributed by atoms with van der Waals surface area (Å²) in [5.41, 5.74) is 6.17. The van der Waals surface area contributed by atoms with Gasteiger partial charge in [-0.25, -0.2) is 4.98 Å². The Morgan fingerprint density at radius 1 is 1.00 bits per heavy atom. The summed E-state index contributed by atoms with van der Waals surface area (Å²) < 4.78 is 2.06. The number of likely N-dealkylation sites (tertiary alicyclic amines) is 1. The van der Waals surface area contributed by atoms with Crippen LogP contribution in [0.1, 0.15) is 18.4 Å². The molecule has 22 heavy (non-hydrogen) atoms. The Hall–Kier alpha value is -2.13. The van der Waals surface area contributed by atoms with E-state index in [-0.39, 0.29) is 0 Å². The second kappa shape index (κ2) is 5.58. The number of nitrogens with zero attached hydrogens (tertiary/aromatic N) is 3. The molecule has 0 bridgehead atoms. The quantitative estimate of drug-likeness (QED) is 0.731. The van der Waals surface area contributed by atoms with E-state index < -0.39 is 0 Å². The monoisotopic (exact) mass is 291 g/mol. The third-order valence-electron chi connectivity index (χ3n) is 4.59. The van der Waals surface area contributed by atoms with Gasteiger partial charge in [-0.3, -0.25) is 4.90 Å². The molecule has 4 rings (SSSR count). The van der Waals surface area contributed by atoms with Gasteiger partial charge in [0.1, 0.15) is 0 Å². The molecule has 0 radical (unpaired) electrons. The highest BCUT2D eigenvalue weighted by atomic mass is 15.1. The highest BCUT2D eigenvalue weighted by Crippen LogP contribution is 2.25. The van der Waals surface area contributed by atoms with Crippen LogP contribution in [0.2, 0.25) is 0 Å². The van der Waals surface area contributed by atoms with Gasteiger partial charge in [0, 0.05) is 13.6 Å². The molecule has 0 atom stereocenters. The Morgan fingerprint density at radius 2 is 1.82 bits per heavy atom. The zero-order valence-corrected chi connectivity index (χ0v) is 13.0. The summed E-state index contributed by atoms with van der Waals surface area (Å²) in [5.74, 6) is 0. The van der Waals surface area contributed by atoms with Gasteiger partial charge < -0.3 is 4.57 Å². The van der Waals surface area contributed by atoms with Gasteiger partial charge in [-0.1, -0.05) is 24.3 Å². The van der Waals surface area contributed by atoms with Gasteiger partial charge in [0.05, 0.1) is 17.4 Å². The van der Waals surface area contributed by atoms with E-state index in [9.17, 15) is 0 Å². The standard InChI is InChI=1S/C19H21N3/c1-21-14-20-18-12-17(7-8-19(18)21)16-6-4-5-15(11-16)13-22-9-2-3-10-22/h4-8,11-12,14H,2-3,9-10,13H2,1H3. The molecule has 0 amide bonds. The van der Waals surface area contributed by atoms with Crippen molar-refractivity contribution < 1.29 is 0 Å². The first kappa shape index (κ1) is 13.5. The predicted octanol–water partition coefficient (Wildman–Crippen LogP) is 3.84. The summed E-state index contributed by atoms with van der Waals surface area (Å²) in [6, 6.07) is 15.5. The van der Waals surface area contributed by atoms with Gasteiger partial charge in [-0.2, -0.15) is 0 Å². The van der Waals surface area contributed by atoms with Crippen molar-refractivity contribution in [1.29, 1.82) is 0 Å². The van der Waals surface area contributed by atoms with Gasteiger partial charge in [0.25, 0.3) is 0 Å². The van der Waals surface area contributed by atoms with Crippen molar-refractivity contribution in [3.8, 4) is 11.1 Å². The van der Waals surface area contributed by atoms with Crippen LogP contribution in [-0.4, -0.2) is 27.5 Å². The van der Waals surface area contributed by atoms with Crippen LogP contribution in [0.4, 0.5) is 0 Å². The van der Waals surface area contributed by atoms with E-state index in [2.05, 4.69) is 56.9 Å². The van der Waals surface area contributed by atoms with Crippen molar-refractivity contribution in [2.24, 2.45) is 7.05 Å². The summed E-state index contributed by atoms with van der Waals surface area (Å²) in [4.78, 5) is 7.01. The lowest BCUT2D eigenvalue weighted by atomic mass is 10.0. The third-order valence-corrected chi connectivity index (χ3v) is 4.59. The van der Waals surface area contributed by atoms with E-state index in [1.807, 2.05) is 13.4 Å². The van der Waals surface area contributed by atoms with Crippen LogP contribution < -0.4 is 0 Å². The van der Waals surface area contributed by atoms with Crippen molar-refractivity contribution in [2.45, 2.75) is 19.4 Å². The SMILES string of the molecule is Cn1cnc2cc(-c3cccc(CN4CCCC4)c3)ccc21. The smallest absolute Gasteiger partial charge is 0.0955 e. The fraction of sp³-hybridized carbons (Fsp3) is 0.316. The van der Waals surface area contributed by atoms with E-state index in [1.54, 1.807) is 0 Å². The molecule has 3 aromatic rings. The molecule has 1 aliphatic rings. The van der Waals surface area contributed by atoms with Crippen LogP contribution in [0.5, 0.6) is 0 Å². The molecule has 2 aromatic carbocycles. The molecule has 2 heterocycles. The largest absolute Gasteiger partial charge is 0.334 e. The summed E-state index contributed by atoms with van der Waals surface area (Å²) in [6.45, 7) is 3.55. The van der Waals surface area contributed by atoms with Crippen LogP contribution in [0, 0.1) is 0 Å². The lowest BCUT2D eigenvalue weighted by molar-refractivity contribution is 0.331. The highest BCUT2D eigenvalue weighted by molar-refractivity contribution is 5.82. The van der Waals surface area contributed by atoms with Crippen LogP contribution in [0.3, 0.4) is 0 Å². The molecule has 0 saturated carbocycles. The number of hydrogen-bond donors (Lipinski definition) is 0. The van der Waals surface area contributed by atoms with E-state index in [0.29, 0.717) is 0 Å². The minimum absolute atomic E-state index is 1.06. The summed E-state index contributed by atoms with van der Waals surface area (Å²) in [6.07, 6.45) is 4.56. The molecular formula is C19H21N3. The molecule has 1 fully saturated rings. The average molecular weight is 291 g/mol. The Morgan fingerprint density at radius 3 is 2.68 bits per heavy atom. The number of aromatic nitrogens is 2. The maximum Gasteiger partial charge on any atom is 0.0955 e. The van der Waals surface area contributed by atoms with Crippen LogP contribution in [-0.2, 0) is 13.6 Å². The van der Waals surface area contributed by atoms with Gasteiger partial charge >= 0.3 is 0 Å². The molecule has 1 aliphatic heterocycles. The first-order chi connectivity index (χ1) is 10.8. The molecule has 0 unspecified atom stereocenters. The Labute approximate surface area is 131 Å². The Kier molecular flexibility index (Phi) is 3.43. The molecule has 0 N–H and O–H groups in total. The number of aryl methyl sites for hydroxylation is 1. The maximum absolute atomic E-state index is 4.46. The molecule has 0 spiro atoms. The van der Waals surface area contributed by atoms with E-state index in [1.165, 1.54) is 48.1 Å². The summed E-state index contributed by atoms with van der Waals surface area (Å²) >= 11 is 0. The van der Waals surface area contributed by atoms with E-state index in [4.69, 9.17) is 0 Å². The van der Waals surface area contributed by atoms with Gasteiger partial charge in [-0.15, -0.1) is 0 Å². The normalized spacial score (nSPS) is 15.7.